The molecule has 34 heavy (non-hydrogen) atoms. The van der Waals surface area contributed by atoms with Crippen LogP contribution in [0.15, 0.2) is 18.2 Å². The highest BCUT2D eigenvalue weighted by atomic mass is 16.6. The summed E-state index contributed by atoms with van der Waals surface area (Å²) in [7, 11) is 2.46. The quantitative estimate of drug-likeness (QED) is 0.185. The number of hydroxylamine groups is 1. The fourth-order valence-corrected chi connectivity index (χ4v) is 4.61. The Morgan fingerprint density at radius 3 is 2.50 bits per heavy atom. The molecule has 2 aliphatic rings. The van der Waals surface area contributed by atoms with Crippen LogP contribution in [0, 0.1) is 11.8 Å². The van der Waals surface area contributed by atoms with Crippen LogP contribution in [0.3, 0.4) is 0 Å². The molecule has 1 aliphatic carbocycles. The molecule has 184 valence electrons. The van der Waals surface area contributed by atoms with E-state index >= 15 is 0 Å². The van der Waals surface area contributed by atoms with Crippen LogP contribution in [-0.4, -0.2) is 77.7 Å². The Morgan fingerprint density at radius 1 is 1.15 bits per heavy atom. The Kier molecular flexibility index (Phi) is 7.52. The number of rotatable bonds is 10. The van der Waals surface area contributed by atoms with Gasteiger partial charge in [0.05, 0.1) is 43.8 Å². The molecule has 3 rings (SSSR count). The van der Waals surface area contributed by atoms with Crippen LogP contribution in [0.4, 0.5) is 0 Å². The smallest absolute Gasteiger partial charge is 0.337 e. The van der Waals surface area contributed by atoms with Gasteiger partial charge in [-0.1, -0.05) is 0 Å². The third-order valence-corrected chi connectivity index (χ3v) is 6.34. The van der Waals surface area contributed by atoms with Gasteiger partial charge in [0.15, 0.2) is 0 Å². The second-order valence-electron chi connectivity index (χ2n) is 8.13. The minimum Gasteiger partial charge on any atom is -0.481 e. The molecule has 2 fully saturated rings. The van der Waals surface area contributed by atoms with Gasteiger partial charge in [0.2, 0.25) is 5.91 Å². The lowest BCUT2D eigenvalue weighted by Crippen LogP contribution is -2.44. The summed E-state index contributed by atoms with van der Waals surface area (Å²) in [5.74, 6) is -5.17. The molecule has 1 aromatic carbocycles. The number of carboxylic acid groups (broad SMARTS) is 2. The zero-order valence-corrected chi connectivity index (χ0v) is 18.7. The maximum Gasteiger partial charge on any atom is 0.337 e. The first-order valence-corrected chi connectivity index (χ1v) is 10.6. The van der Waals surface area contributed by atoms with E-state index in [0.29, 0.717) is 6.42 Å². The van der Waals surface area contributed by atoms with Crippen molar-refractivity contribution in [3.63, 3.8) is 0 Å². The summed E-state index contributed by atoms with van der Waals surface area (Å²) in [6.07, 6.45) is 0.610. The minimum atomic E-state index is -1.24. The maximum absolute atomic E-state index is 12.6. The van der Waals surface area contributed by atoms with Crippen LogP contribution in [0.2, 0.25) is 0 Å². The number of aromatic carboxylic acids is 1. The van der Waals surface area contributed by atoms with Gasteiger partial charge in [0.25, 0.3) is 0 Å². The van der Waals surface area contributed by atoms with Crippen molar-refractivity contribution in [3.8, 4) is 0 Å². The van der Waals surface area contributed by atoms with Gasteiger partial charge in [0.1, 0.15) is 5.54 Å². The normalized spacial score (nSPS) is 23.5. The zero-order chi connectivity index (χ0) is 25.0. The van der Waals surface area contributed by atoms with Gasteiger partial charge < -0.3 is 24.6 Å². The molecule has 1 saturated carbocycles. The number of esters is 2. The third-order valence-electron chi connectivity index (χ3n) is 6.34. The third kappa shape index (κ3) is 4.73. The molecule has 0 radical (unpaired) electrons. The highest BCUT2D eigenvalue weighted by molar-refractivity contribution is 6.06. The van der Waals surface area contributed by atoms with E-state index in [1.807, 2.05) is 0 Å². The summed E-state index contributed by atoms with van der Waals surface area (Å²) in [6.45, 7) is 0.0695. The first-order valence-electron chi connectivity index (χ1n) is 10.6. The maximum atomic E-state index is 12.6. The number of hydrogen-bond donors (Lipinski definition) is 3. The fourth-order valence-electron chi connectivity index (χ4n) is 4.61. The average Bonchev–Trinajstić information content (AvgIpc) is 3.37. The number of methoxy groups -OCH3 is 2. The number of carboxylic acids is 2. The summed E-state index contributed by atoms with van der Waals surface area (Å²) in [6, 6.07) is 3.97. The monoisotopic (exact) mass is 478 g/mol. The molecule has 1 aromatic rings. The summed E-state index contributed by atoms with van der Waals surface area (Å²) in [4.78, 5) is 66.2. The molecule has 1 heterocycles. The number of benzene rings is 1. The van der Waals surface area contributed by atoms with Gasteiger partial charge in [-0.25, -0.2) is 15.1 Å². The topological polar surface area (TPSA) is 169 Å². The second kappa shape index (κ2) is 10.2. The number of ether oxygens (including phenoxy) is 2. The highest BCUT2D eigenvalue weighted by Gasteiger charge is 2.70. The van der Waals surface area contributed by atoms with E-state index < -0.39 is 41.3 Å². The summed E-state index contributed by atoms with van der Waals surface area (Å²) in [5.41, 5.74) is 1.74. The van der Waals surface area contributed by atoms with Crippen LogP contribution < -0.4 is 5.48 Å². The van der Waals surface area contributed by atoms with Gasteiger partial charge in [-0.05, 0) is 43.0 Å². The Hall–Kier alpha value is -3.51. The van der Waals surface area contributed by atoms with Gasteiger partial charge in [-0.3, -0.25) is 19.2 Å². The largest absolute Gasteiger partial charge is 0.481 e. The van der Waals surface area contributed by atoms with Crippen molar-refractivity contribution < 1.29 is 48.5 Å². The van der Waals surface area contributed by atoms with Crippen molar-refractivity contribution in [1.29, 1.82) is 0 Å². The lowest BCUT2D eigenvalue weighted by molar-refractivity contribution is -0.152. The molecule has 12 heteroatoms. The van der Waals surface area contributed by atoms with Crippen molar-refractivity contribution in [2.45, 2.75) is 31.4 Å². The molecule has 0 bridgehead atoms. The predicted molar refractivity (Wildman–Crippen MR) is 112 cm³/mol. The van der Waals surface area contributed by atoms with Crippen molar-refractivity contribution >= 4 is 29.8 Å². The first-order chi connectivity index (χ1) is 16.2. The molecule has 1 aliphatic heterocycles. The Balaban J connectivity index is 1.58. The van der Waals surface area contributed by atoms with Crippen LogP contribution >= 0.6 is 0 Å². The molecule has 12 nitrogen and oxygen atoms in total. The number of carbonyl (C=O) groups is 5. The zero-order valence-electron chi connectivity index (χ0n) is 18.7. The van der Waals surface area contributed by atoms with Crippen LogP contribution in [0.25, 0.3) is 0 Å². The Bertz CT molecular complexity index is 1010. The molecule has 1 amide bonds. The number of nitrogens with one attached hydrogen (secondary N) is 1. The number of hydrogen-bond acceptors (Lipinski definition) is 9. The molecule has 1 saturated heterocycles. The number of nitrogens with zero attached hydrogens (tertiary/aromatic N) is 1. The van der Waals surface area contributed by atoms with E-state index in [9.17, 15) is 34.2 Å². The molecule has 3 N–H and O–H groups in total. The fraction of sp³-hybridized carbons (Fsp3) is 0.500. The summed E-state index contributed by atoms with van der Waals surface area (Å²) < 4.78 is 9.41. The van der Waals surface area contributed by atoms with Gasteiger partial charge in [-0.2, -0.15) is 0 Å². The Labute approximate surface area is 194 Å². The average molecular weight is 478 g/mol. The molecule has 0 aromatic heterocycles. The van der Waals surface area contributed by atoms with Crippen molar-refractivity contribution in [2.24, 2.45) is 11.8 Å². The van der Waals surface area contributed by atoms with Crippen molar-refractivity contribution in [2.75, 3.05) is 27.3 Å². The van der Waals surface area contributed by atoms with Gasteiger partial charge in [-0.15, -0.1) is 0 Å². The molecular weight excluding hydrogens is 452 g/mol. The summed E-state index contributed by atoms with van der Waals surface area (Å²) >= 11 is 0. The van der Waals surface area contributed by atoms with Crippen molar-refractivity contribution in [3.05, 3.63) is 34.9 Å². The predicted octanol–water partition coefficient (Wildman–Crippen LogP) is 0.448. The summed E-state index contributed by atoms with van der Waals surface area (Å²) in [5, 5.41) is 18.9. The molecule has 3 unspecified atom stereocenters. The van der Waals surface area contributed by atoms with Crippen LogP contribution in [0.5, 0.6) is 0 Å². The number of amides is 1. The molecule has 3 atom stereocenters. The van der Waals surface area contributed by atoms with Gasteiger partial charge >= 0.3 is 23.9 Å². The van der Waals surface area contributed by atoms with E-state index in [4.69, 9.17) is 9.57 Å². The van der Waals surface area contributed by atoms with Crippen molar-refractivity contribution in [1.82, 2.24) is 10.4 Å². The van der Waals surface area contributed by atoms with Crippen LogP contribution in [0.1, 0.15) is 45.5 Å². The molecule has 1 spiro atoms. The lowest BCUT2D eigenvalue weighted by Gasteiger charge is -2.31. The minimum absolute atomic E-state index is 0.0464. The van der Waals surface area contributed by atoms with E-state index in [1.54, 1.807) is 0 Å². The number of aliphatic carboxylic acids is 1. The standard InChI is InChI=1S/C22H26N2O10/c1-32-19(29)12-3-5-15(17(25)26)14(9-12)11-34-23-7-8-24-21(31)22(24)10-13(20(30)33-2)4-6-16(22)18(27)28/h3,5,9,13,16,23H,4,6-8,10-11H2,1-2H3,(H,25,26)(H,27,28). The van der Waals surface area contributed by atoms with Crippen LogP contribution in [-0.2, 0) is 35.3 Å². The van der Waals surface area contributed by atoms with E-state index in [1.165, 1.54) is 37.3 Å². The van der Waals surface area contributed by atoms with E-state index in [0.717, 1.165) is 0 Å². The lowest BCUT2D eigenvalue weighted by atomic mass is 9.73. The second-order valence-corrected chi connectivity index (χ2v) is 8.13. The SMILES string of the molecule is COC(=O)c1ccc(C(=O)O)c(CONCCN2C(=O)C23CC(C(=O)OC)CCC3C(=O)O)c1. The van der Waals surface area contributed by atoms with E-state index in [2.05, 4.69) is 10.2 Å². The first kappa shape index (κ1) is 25.1. The van der Waals surface area contributed by atoms with E-state index in [-0.39, 0.29) is 55.1 Å². The molecular formula is C22H26N2O10. The highest BCUT2D eigenvalue weighted by Crippen LogP contribution is 2.52. The Morgan fingerprint density at radius 2 is 1.88 bits per heavy atom. The number of carbonyl (C=O) groups excluding carboxylic acids is 3. The van der Waals surface area contributed by atoms with Gasteiger partial charge in [0, 0.05) is 13.1 Å².